The maximum atomic E-state index is 5.84. The second-order valence-corrected chi connectivity index (χ2v) is 5.05. The first kappa shape index (κ1) is 16.3. The average molecular weight is 285 g/mol. The topological polar surface area (TPSA) is 24.5 Å². The highest BCUT2D eigenvalue weighted by Gasteiger charge is 2.04. The van der Waals surface area contributed by atoms with Crippen LogP contribution in [0.5, 0.6) is 5.75 Å². The molecule has 0 aliphatic heterocycles. The van der Waals surface area contributed by atoms with Crippen molar-refractivity contribution in [2.45, 2.75) is 26.9 Å². The Balaban J connectivity index is 2.17. The number of hydrogen-bond donors (Lipinski definition) is 1. The maximum Gasteiger partial charge on any atom is 0.119 e. The van der Waals surface area contributed by atoms with Crippen molar-refractivity contribution >= 4 is 11.6 Å². The lowest BCUT2D eigenvalue weighted by Crippen LogP contribution is -2.36. The highest BCUT2D eigenvalue weighted by Crippen LogP contribution is 2.16. The smallest absolute Gasteiger partial charge is 0.119 e. The van der Waals surface area contributed by atoms with E-state index < -0.39 is 0 Å². The van der Waals surface area contributed by atoms with Gasteiger partial charge in [0, 0.05) is 24.7 Å². The van der Waals surface area contributed by atoms with E-state index in [2.05, 4.69) is 31.0 Å². The first-order chi connectivity index (χ1) is 9.15. The molecule has 0 aliphatic rings. The number of likely N-dealkylation sites (N-methyl/N-ethyl adjacent to an activating group) is 1. The lowest BCUT2D eigenvalue weighted by Gasteiger charge is -2.19. The summed E-state index contributed by atoms with van der Waals surface area (Å²) in [6, 6.07) is 7.48. The van der Waals surface area contributed by atoms with E-state index in [0.29, 0.717) is 0 Å². The molecule has 0 aromatic heterocycles. The summed E-state index contributed by atoms with van der Waals surface area (Å²) in [5, 5.41) is 4.16. The third-order valence-electron chi connectivity index (χ3n) is 3.08. The average Bonchev–Trinajstić information content (AvgIpc) is 2.42. The molecule has 0 aliphatic carbocycles. The van der Waals surface area contributed by atoms with Crippen molar-refractivity contribution in [1.82, 2.24) is 10.2 Å². The Kier molecular flexibility index (Phi) is 7.87. The van der Waals surface area contributed by atoms with Gasteiger partial charge in [-0.05, 0) is 44.3 Å². The van der Waals surface area contributed by atoms with Crippen LogP contribution in [0.4, 0.5) is 0 Å². The minimum Gasteiger partial charge on any atom is -0.489 e. The van der Waals surface area contributed by atoms with Crippen molar-refractivity contribution in [1.29, 1.82) is 0 Å². The Morgan fingerprint density at radius 2 is 1.84 bits per heavy atom. The van der Waals surface area contributed by atoms with Crippen LogP contribution < -0.4 is 10.1 Å². The van der Waals surface area contributed by atoms with Crippen LogP contribution in [0.2, 0.25) is 5.02 Å². The van der Waals surface area contributed by atoms with Crippen molar-refractivity contribution in [3.05, 3.63) is 29.3 Å². The zero-order chi connectivity index (χ0) is 14.1. The molecule has 4 heteroatoms. The Morgan fingerprint density at radius 1 is 1.21 bits per heavy atom. The lowest BCUT2D eigenvalue weighted by molar-refractivity contribution is 0.213. The molecular weight excluding hydrogens is 260 g/mol. The molecule has 1 atom stereocenters. The Hall–Kier alpha value is -0.770. The summed E-state index contributed by atoms with van der Waals surface area (Å²) in [6.07, 6.45) is 0.151. The van der Waals surface area contributed by atoms with Crippen LogP contribution in [0.15, 0.2) is 24.3 Å². The van der Waals surface area contributed by atoms with E-state index in [-0.39, 0.29) is 6.10 Å². The largest absolute Gasteiger partial charge is 0.489 e. The van der Waals surface area contributed by atoms with E-state index in [0.717, 1.165) is 43.5 Å². The predicted octanol–water partition coefficient (Wildman–Crippen LogP) is 3.04. The molecule has 1 aromatic carbocycles. The van der Waals surface area contributed by atoms with Crippen LogP contribution in [0.3, 0.4) is 0 Å². The molecule has 0 radical (unpaired) electrons. The maximum absolute atomic E-state index is 5.84. The Labute approximate surface area is 121 Å². The van der Waals surface area contributed by atoms with Crippen LogP contribution in [-0.4, -0.2) is 43.7 Å². The summed E-state index contributed by atoms with van der Waals surface area (Å²) in [6.45, 7) is 11.6. The number of nitrogens with one attached hydrogen (secondary N) is 1. The van der Waals surface area contributed by atoms with Gasteiger partial charge in [0.2, 0.25) is 0 Å². The van der Waals surface area contributed by atoms with E-state index in [1.807, 2.05) is 24.3 Å². The van der Waals surface area contributed by atoms with Crippen molar-refractivity contribution < 1.29 is 4.74 Å². The molecule has 0 saturated heterocycles. The normalized spacial score (nSPS) is 12.7. The monoisotopic (exact) mass is 284 g/mol. The summed E-state index contributed by atoms with van der Waals surface area (Å²) in [5.74, 6) is 0.863. The number of rotatable bonds is 9. The quantitative estimate of drug-likeness (QED) is 0.706. The number of hydrogen-bond acceptors (Lipinski definition) is 3. The second-order valence-electron chi connectivity index (χ2n) is 4.61. The lowest BCUT2D eigenvalue weighted by atomic mass is 10.3. The van der Waals surface area contributed by atoms with Gasteiger partial charge in [-0.1, -0.05) is 25.4 Å². The molecule has 1 aromatic rings. The first-order valence-corrected chi connectivity index (χ1v) is 7.38. The van der Waals surface area contributed by atoms with Crippen LogP contribution in [0, 0.1) is 0 Å². The first-order valence-electron chi connectivity index (χ1n) is 7.01. The van der Waals surface area contributed by atoms with Gasteiger partial charge in [-0.15, -0.1) is 0 Å². The standard InChI is InChI=1S/C15H25ClN2O/c1-4-18(5-2)11-10-17-12-13(3)19-15-8-6-14(16)7-9-15/h6-9,13,17H,4-5,10-12H2,1-3H3. The minimum absolute atomic E-state index is 0.151. The summed E-state index contributed by atoms with van der Waals surface area (Å²) < 4.78 is 5.79. The molecule has 0 saturated carbocycles. The molecule has 3 nitrogen and oxygen atoms in total. The van der Waals surface area contributed by atoms with Crippen molar-refractivity contribution in [3.63, 3.8) is 0 Å². The van der Waals surface area contributed by atoms with Crippen LogP contribution >= 0.6 is 11.6 Å². The van der Waals surface area contributed by atoms with Crippen LogP contribution in [0.25, 0.3) is 0 Å². The number of ether oxygens (including phenoxy) is 1. The van der Waals surface area contributed by atoms with E-state index in [9.17, 15) is 0 Å². The van der Waals surface area contributed by atoms with Gasteiger partial charge in [0.15, 0.2) is 0 Å². The Morgan fingerprint density at radius 3 is 2.42 bits per heavy atom. The summed E-state index contributed by atoms with van der Waals surface area (Å²) in [4.78, 5) is 2.40. The van der Waals surface area contributed by atoms with Gasteiger partial charge in [-0.2, -0.15) is 0 Å². The fraction of sp³-hybridized carbons (Fsp3) is 0.600. The molecule has 19 heavy (non-hydrogen) atoms. The predicted molar refractivity (Wildman–Crippen MR) is 82.2 cm³/mol. The zero-order valence-electron chi connectivity index (χ0n) is 12.2. The third kappa shape index (κ3) is 6.81. The van der Waals surface area contributed by atoms with E-state index in [4.69, 9.17) is 16.3 Å². The van der Waals surface area contributed by atoms with Crippen LogP contribution in [0.1, 0.15) is 20.8 Å². The van der Waals surface area contributed by atoms with Gasteiger partial charge in [0.1, 0.15) is 11.9 Å². The fourth-order valence-corrected chi connectivity index (χ4v) is 2.00. The number of halogens is 1. The molecule has 1 rings (SSSR count). The van der Waals surface area contributed by atoms with Gasteiger partial charge in [-0.25, -0.2) is 0 Å². The summed E-state index contributed by atoms with van der Waals surface area (Å²) >= 11 is 5.84. The number of benzene rings is 1. The van der Waals surface area contributed by atoms with Crippen LogP contribution in [-0.2, 0) is 0 Å². The molecule has 1 N–H and O–H groups in total. The highest BCUT2D eigenvalue weighted by molar-refractivity contribution is 6.30. The summed E-state index contributed by atoms with van der Waals surface area (Å²) in [7, 11) is 0. The van der Waals surface area contributed by atoms with Crippen molar-refractivity contribution in [2.24, 2.45) is 0 Å². The second kappa shape index (κ2) is 9.18. The van der Waals surface area contributed by atoms with Gasteiger partial charge < -0.3 is 15.0 Å². The van der Waals surface area contributed by atoms with E-state index >= 15 is 0 Å². The van der Waals surface area contributed by atoms with Gasteiger partial charge in [0.25, 0.3) is 0 Å². The fourth-order valence-electron chi connectivity index (χ4n) is 1.87. The molecule has 1 unspecified atom stereocenters. The minimum atomic E-state index is 0.151. The molecule has 108 valence electrons. The van der Waals surface area contributed by atoms with Crippen molar-refractivity contribution in [3.8, 4) is 5.75 Å². The summed E-state index contributed by atoms with van der Waals surface area (Å²) in [5.41, 5.74) is 0. The highest BCUT2D eigenvalue weighted by atomic mass is 35.5. The SMILES string of the molecule is CCN(CC)CCNCC(C)Oc1ccc(Cl)cc1. The van der Waals surface area contributed by atoms with Gasteiger partial charge in [-0.3, -0.25) is 0 Å². The molecule has 0 fully saturated rings. The zero-order valence-corrected chi connectivity index (χ0v) is 12.9. The third-order valence-corrected chi connectivity index (χ3v) is 3.33. The van der Waals surface area contributed by atoms with Gasteiger partial charge >= 0.3 is 0 Å². The number of nitrogens with zero attached hydrogens (tertiary/aromatic N) is 1. The van der Waals surface area contributed by atoms with Crippen molar-refractivity contribution in [2.75, 3.05) is 32.7 Å². The molecule has 0 heterocycles. The molecule has 0 amide bonds. The van der Waals surface area contributed by atoms with E-state index in [1.165, 1.54) is 0 Å². The van der Waals surface area contributed by atoms with Gasteiger partial charge in [0.05, 0.1) is 0 Å². The molecule has 0 bridgehead atoms. The molecule has 0 spiro atoms. The molecular formula is C15H25ClN2O. The van der Waals surface area contributed by atoms with E-state index in [1.54, 1.807) is 0 Å². The Bertz CT molecular complexity index is 339.